The summed E-state index contributed by atoms with van der Waals surface area (Å²) in [5, 5.41) is 16.1. The molecular weight excluding hydrogens is 160 g/mol. The van der Waals surface area contributed by atoms with Crippen LogP contribution in [0.25, 0.3) is 0 Å². The molecule has 0 unspecified atom stereocenters. The Kier molecular flexibility index (Phi) is 5.95. The third-order valence-corrected chi connectivity index (χ3v) is 1.06. The Morgan fingerprint density at radius 2 is 2.17 bits per heavy atom. The van der Waals surface area contributed by atoms with Gasteiger partial charge in [-0.15, -0.1) is 0 Å². The Hall–Kier alpha value is -1.13. The minimum atomic E-state index is -0.148. The molecule has 1 aromatic rings. The molecule has 1 rings (SSSR count). The van der Waals surface area contributed by atoms with Gasteiger partial charge in [0.15, 0.2) is 12.0 Å². The summed E-state index contributed by atoms with van der Waals surface area (Å²) in [4.78, 5) is 10.0. The molecule has 0 aliphatic carbocycles. The summed E-state index contributed by atoms with van der Waals surface area (Å²) in [5.41, 5.74) is 0.532. The van der Waals surface area contributed by atoms with Crippen molar-refractivity contribution >= 4 is 6.29 Å². The van der Waals surface area contributed by atoms with Crippen molar-refractivity contribution < 1.29 is 19.4 Å². The van der Waals surface area contributed by atoms with E-state index in [1.165, 1.54) is 6.26 Å². The first-order chi connectivity index (χ1) is 5.79. The number of aliphatic hydroxyl groups is 2. The first-order valence-electron chi connectivity index (χ1n) is 3.53. The van der Waals surface area contributed by atoms with Gasteiger partial charge in [-0.05, 0) is 13.0 Å². The highest BCUT2D eigenvalue weighted by molar-refractivity contribution is 5.72. The van der Waals surface area contributed by atoms with Crippen LogP contribution in [0.2, 0.25) is 0 Å². The molecular formula is C8H12O4. The van der Waals surface area contributed by atoms with Crippen molar-refractivity contribution in [1.29, 1.82) is 0 Å². The van der Waals surface area contributed by atoms with Crippen molar-refractivity contribution in [2.75, 3.05) is 6.61 Å². The van der Waals surface area contributed by atoms with Gasteiger partial charge in [-0.1, -0.05) is 0 Å². The van der Waals surface area contributed by atoms with E-state index in [2.05, 4.69) is 4.42 Å². The van der Waals surface area contributed by atoms with Gasteiger partial charge in [-0.2, -0.15) is 0 Å². The molecule has 0 bridgehead atoms. The summed E-state index contributed by atoms with van der Waals surface area (Å²) in [5.74, 6) is 0.206. The predicted molar refractivity (Wildman–Crippen MR) is 42.8 cm³/mol. The summed E-state index contributed by atoms with van der Waals surface area (Å²) in [6.45, 7) is 1.78. The Morgan fingerprint density at radius 3 is 2.50 bits per heavy atom. The molecule has 0 aliphatic rings. The standard InChI is InChI=1S/C6H6O3.C2H6O/c7-3-5-1-2-9-6(5)4-8;1-2-3/h1-2,4,7H,3H2;3H,2H2,1H3. The molecule has 68 valence electrons. The molecule has 2 N–H and O–H groups in total. The fraction of sp³-hybridized carbons (Fsp3) is 0.375. The van der Waals surface area contributed by atoms with Crippen molar-refractivity contribution in [3.63, 3.8) is 0 Å². The highest BCUT2D eigenvalue weighted by Gasteiger charge is 2.00. The Bertz CT molecular complexity index is 217. The maximum atomic E-state index is 10.0. The van der Waals surface area contributed by atoms with E-state index < -0.39 is 0 Å². The second kappa shape index (κ2) is 6.57. The van der Waals surface area contributed by atoms with Crippen LogP contribution in [-0.2, 0) is 6.61 Å². The van der Waals surface area contributed by atoms with E-state index in [-0.39, 0.29) is 19.0 Å². The molecule has 1 aromatic heterocycles. The van der Waals surface area contributed by atoms with Crippen molar-refractivity contribution in [3.05, 3.63) is 23.7 Å². The van der Waals surface area contributed by atoms with Gasteiger partial charge in [0.2, 0.25) is 0 Å². The van der Waals surface area contributed by atoms with E-state index in [1.54, 1.807) is 13.0 Å². The second-order valence-electron chi connectivity index (χ2n) is 1.90. The topological polar surface area (TPSA) is 70.7 Å². The lowest BCUT2D eigenvalue weighted by molar-refractivity contribution is 0.109. The van der Waals surface area contributed by atoms with Crippen LogP contribution in [0.4, 0.5) is 0 Å². The zero-order valence-electron chi connectivity index (χ0n) is 6.86. The van der Waals surface area contributed by atoms with E-state index in [4.69, 9.17) is 10.2 Å². The predicted octanol–water partition coefficient (Wildman–Crippen LogP) is 0.583. The molecule has 12 heavy (non-hydrogen) atoms. The van der Waals surface area contributed by atoms with E-state index in [9.17, 15) is 4.79 Å². The van der Waals surface area contributed by atoms with Crippen molar-refractivity contribution in [2.45, 2.75) is 13.5 Å². The molecule has 1 heterocycles. The summed E-state index contributed by atoms with van der Waals surface area (Å²) < 4.78 is 4.68. The molecule has 0 spiro atoms. The second-order valence-corrected chi connectivity index (χ2v) is 1.90. The Morgan fingerprint density at radius 1 is 1.58 bits per heavy atom. The smallest absolute Gasteiger partial charge is 0.185 e. The molecule has 4 heteroatoms. The first kappa shape index (κ1) is 10.9. The fourth-order valence-corrected chi connectivity index (χ4v) is 0.581. The molecule has 0 fully saturated rings. The molecule has 0 amide bonds. The number of hydrogen-bond acceptors (Lipinski definition) is 4. The molecule has 0 atom stereocenters. The quantitative estimate of drug-likeness (QED) is 0.640. The minimum Gasteiger partial charge on any atom is -0.461 e. The first-order valence-corrected chi connectivity index (χ1v) is 3.53. The number of aliphatic hydroxyl groups excluding tert-OH is 2. The van der Waals surface area contributed by atoms with Gasteiger partial charge in [0.1, 0.15) is 0 Å². The number of carbonyl (C=O) groups excluding carboxylic acids is 1. The number of rotatable bonds is 2. The van der Waals surface area contributed by atoms with Crippen LogP contribution >= 0.6 is 0 Å². The van der Waals surface area contributed by atoms with Gasteiger partial charge in [0.05, 0.1) is 12.9 Å². The Balaban J connectivity index is 0.000000354. The van der Waals surface area contributed by atoms with Crippen molar-refractivity contribution in [2.24, 2.45) is 0 Å². The molecule has 0 aromatic carbocycles. The van der Waals surface area contributed by atoms with Crippen LogP contribution in [-0.4, -0.2) is 23.1 Å². The third-order valence-electron chi connectivity index (χ3n) is 1.06. The maximum absolute atomic E-state index is 10.0. The number of hydrogen-bond donors (Lipinski definition) is 2. The average Bonchev–Trinajstić information content (AvgIpc) is 2.52. The molecule has 0 aliphatic heterocycles. The van der Waals surface area contributed by atoms with E-state index in [0.29, 0.717) is 11.8 Å². The van der Waals surface area contributed by atoms with E-state index in [1.807, 2.05) is 0 Å². The molecule has 0 saturated carbocycles. The monoisotopic (exact) mass is 172 g/mol. The fourth-order valence-electron chi connectivity index (χ4n) is 0.581. The van der Waals surface area contributed by atoms with Gasteiger partial charge in [-0.25, -0.2) is 0 Å². The zero-order chi connectivity index (χ0) is 9.40. The van der Waals surface area contributed by atoms with Crippen molar-refractivity contribution in [3.8, 4) is 0 Å². The van der Waals surface area contributed by atoms with Gasteiger partial charge in [-0.3, -0.25) is 4.79 Å². The van der Waals surface area contributed by atoms with Gasteiger partial charge in [0.25, 0.3) is 0 Å². The van der Waals surface area contributed by atoms with Crippen LogP contribution in [0, 0.1) is 0 Å². The molecule has 0 saturated heterocycles. The van der Waals surface area contributed by atoms with Gasteiger partial charge in [0, 0.05) is 12.2 Å². The zero-order valence-corrected chi connectivity index (χ0v) is 6.86. The van der Waals surface area contributed by atoms with E-state index >= 15 is 0 Å². The van der Waals surface area contributed by atoms with E-state index in [0.717, 1.165) is 0 Å². The molecule has 0 radical (unpaired) electrons. The number of aldehydes is 1. The van der Waals surface area contributed by atoms with Crippen LogP contribution in [0.1, 0.15) is 23.0 Å². The average molecular weight is 172 g/mol. The lowest BCUT2D eigenvalue weighted by Crippen LogP contribution is -1.84. The third kappa shape index (κ3) is 3.32. The summed E-state index contributed by atoms with van der Waals surface area (Å²) in [6.07, 6.45) is 1.95. The number of carbonyl (C=O) groups is 1. The highest BCUT2D eigenvalue weighted by Crippen LogP contribution is 2.06. The van der Waals surface area contributed by atoms with Crippen molar-refractivity contribution in [1.82, 2.24) is 0 Å². The summed E-state index contributed by atoms with van der Waals surface area (Å²) >= 11 is 0. The summed E-state index contributed by atoms with van der Waals surface area (Å²) in [7, 11) is 0. The highest BCUT2D eigenvalue weighted by atomic mass is 16.3. The van der Waals surface area contributed by atoms with Crippen LogP contribution < -0.4 is 0 Å². The number of furan rings is 1. The maximum Gasteiger partial charge on any atom is 0.185 e. The Labute approximate surface area is 70.4 Å². The normalized spacial score (nSPS) is 8.58. The van der Waals surface area contributed by atoms with Crippen LogP contribution in [0.3, 0.4) is 0 Å². The van der Waals surface area contributed by atoms with Crippen LogP contribution in [0.15, 0.2) is 16.7 Å². The minimum absolute atomic E-state index is 0.148. The van der Waals surface area contributed by atoms with Crippen LogP contribution in [0.5, 0.6) is 0 Å². The SMILES string of the molecule is CCO.O=Cc1occc1CO. The van der Waals surface area contributed by atoms with Gasteiger partial charge < -0.3 is 14.6 Å². The van der Waals surface area contributed by atoms with Gasteiger partial charge >= 0.3 is 0 Å². The summed E-state index contributed by atoms with van der Waals surface area (Å²) in [6, 6.07) is 1.56. The lowest BCUT2D eigenvalue weighted by Gasteiger charge is -1.85. The lowest BCUT2D eigenvalue weighted by atomic mass is 10.3. The largest absolute Gasteiger partial charge is 0.461 e. The molecule has 4 nitrogen and oxygen atoms in total.